The Morgan fingerprint density at radius 1 is 1.19 bits per heavy atom. The van der Waals surface area contributed by atoms with Gasteiger partial charge in [-0.1, -0.05) is 0 Å². The molecule has 0 atom stereocenters. The molecule has 1 aliphatic rings. The zero-order valence-electron chi connectivity index (χ0n) is 9.61. The van der Waals surface area contributed by atoms with E-state index in [0.717, 1.165) is 36.9 Å². The predicted molar refractivity (Wildman–Crippen MR) is 64.7 cm³/mol. The third kappa shape index (κ3) is 2.67. The molecule has 3 nitrogen and oxygen atoms in total. The van der Waals surface area contributed by atoms with Crippen LogP contribution in [-0.2, 0) is 0 Å². The Morgan fingerprint density at radius 2 is 1.88 bits per heavy atom. The normalized spacial score (nSPS) is 25.4. The number of nitrogens with one attached hydrogen (secondary N) is 1. The number of hydrogen-bond acceptors (Lipinski definition) is 3. The summed E-state index contributed by atoms with van der Waals surface area (Å²) in [6, 6.07) is 6.02. The van der Waals surface area contributed by atoms with Crippen molar-refractivity contribution in [1.29, 1.82) is 0 Å². The highest BCUT2D eigenvalue weighted by Gasteiger charge is 2.18. The molecule has 0 heterocycles. The van der Waals surface area contributed by atoms with Gasteiger partial charge in [-0.2, -0.15) is 0 Å². The van der Waals surface area contributed by atoms with Crippen molar-refractivity contribution in [2.75, 3.05) is 5.32 Å². The van der Waals surface area contributed by atoms with Gasteiger partial charge in [0.1, 0.15) is 5.75 Å². The van der Waals surface area contributed by atoms with Crippen LogP contribution >= 0.6 is 0 Å². The maximum atomic E-state index is 9.42. The number of aromatic hydroxyl groups is 1. The van der Waals surface area contributed by atoms with Crippen LogP contribution in [0.5, 0.6) is 5.75 Å². The molecule has 1 fully saturated rings. The van der Waals surface area contributed by atoms with Crippen LogP contribution in [0.15, 0.2) is 18.2 Å². The van der Waals surface area contributed by atoms with Crippen molar-refractivity contribution in [3.63, 3.8) is 0 Å². The lowest BCUT2D eigenvalue weighted by Crippen LogP contribution is -2.28. The first-order valence-corrected chi connectivity index (χ1v) is 5.89. The molecule has 0 radical (unpaired) electrons. The van der Waals surface area contributed by atoms with E-state index < -0.39 is 0 Å². The average molecular weight is 221 g/mol. The number of aliphatic hydroxyl groups is 1. The Kier molecular flexibility index (Phi) is 3.34. The second kappa shape index (κ2) is 4.74. The molecule has 0 amide bonds. The summed E-state index contributed by atoms with van der Waals surface area (Å²) in [5, 5.41) is 22.3. The van der Waals surface area contributed by atoms with Gasteiger partial charge in [0.25, 0.3) is 0 Å². The topological polar surface area (TPSA) is 52.5 Å². The first-order valence-electron chi connectivity index (χ1n) is 5.89. The van der Waals surface area contributed by atoms with E-state index in [0.29, 0.717) is 11.8 Å². The molecular weight excluding hydrogens is 202 g/mol. The maximum absolute atomic E-state index is 9.42. The fraction of sp³-hybridized carbons (Fsp3) is 0.538. The van der Waals surface area contributed by atoms with Gasteiger partial charge in [0, 0.05) is 11.7 Å². The quantitative estimate of drug-likeness (QED) is 0.672. The number of aliphatic hydroxyl groups excluding tert-OH is 1. The zero-order valence-corrected chi connectivity index (χ0v) is 9.61. The summed E-state index contributed by atoms with van der Waals surface area (Å²) in [5.41, 5.74) is 1.94. The molecule has 2 rings (SSSR count). The number of phenols is 1. The summed E-state index contributed by atoms with van der Waals surface area (Å²) in [5.74, 6) is 0.338. The number of hydrogen-bond donors (Lipinski definition) is 3. The van der Waals surface area contributed by atoms with Gasteiger partial charge in [-0.05, 0) is 56.4 Å². The van der Waals surface area contributed by atoms with E-state index in [2.05, 4.69) is 5.32 Å². The van der Waals surface area contributed by atoms with Crippen LogP contribution in [0.1, 0.15) is 31.2 Å². The molecule has 1 saturated carbocycles. The van der Waals surface area contributed by atoms with Crippen molar-refractivity contribution in [2.45, 2.75) is 44.8 Å². The van der Waals surface area contributed by atoms with Crippen molar-refractivity contribution in [3.05, 3.63) is 23.8 Å². The van der Waals surface area contributed by atoms with Crippen molar-refractivity contribution in [3.8, 4) is 5.75 Å². The molecule has 0 aliphatic heterocycles. The largest absolute Gasteiger partial charge is 0.508 e. The maximum Gasteiger partial charge on any atom is 0.118 e. The Balaban J connectivity index is 1.96. The molecule has 0 unspecified atom stereocenters. The summed E-state index contributed by atoms with van der Waals surface area (Å²) < 4.78 is 0. The van der Waals surface area contributed by atoms with Crippen molar-refractivity contribution >= 4 is 5.69 Å². The van der Waals surface area contributed by atoms with Crippen LogP contribution in [0.25, 0.3) is 0 Å². The highest BCUT2D eigenvalue weighted by atomic mass is 16.3. The summed E-state index contributed by atoms with van der Waals surface area (Å²) in [7, 11) is 0. The van der Waals surface area contributed by atoms with Gasteiger partial charge in [0.15, 0.2) is 0 Å². The average Bonchev–Trinajstić information content (AvgIpc) is 2.27. The van der Waals surface area contributed by atoms with E-state index in [1.165, 1.54) is 0 Å². The van der Waals surface area contributed by atoms with Crippen LogP contribution < -0.4 is 5.32 Å². The molecule has 0 spiro atoms. The number of anilines is 1. The van der Waals surface area contributed by atoms with Gasteiger partial charge in [-0.15, -0.1) is 0 Å². The van der Waals surface area contributed by atoms with Crippen molar-refractivity contribution < 1.29 is 10.2 Å². The standard InChI is InChI=1S/C13H19NO2/c1-9-8-11(4-7-13(9)16)14-10-2-5-12(15)6-3-10/h4,7-8,10,12,14-16H,2-3,5-6H2,1H3. The first kappa shape index (κ1) is 11.3. The Hall–Kier alpha value is -1.22. The lowest BCUT2D eigenvalue weighted by Gasteiger charge is -2.27. The van der Waals surface area contributed by atoms with E-state index in [1.54, 1.807) is 6.07 Å². The number of rotatable bonds is 2. The van der Waals surface area contributed by atoms with Gasteiger partial charge in [-0.3, -0.25) is 0 Å². The number of benzene rings is 1. The highest BCUT2D eigenvalue weighted by Crippen LogP contribution is 2.25. The molecule has 0 saturated heterocycles. The second-order valence-corrected chi connectivity index (χ2v) is 4.65. The van der Waals surface area contributed by atoms with E-state index in [4.69, 9.17) is 0 Å². The number of phenolic OH excluding ortho intramolecular Hbond substituents is 1. The zero-order chi connectivity index (χ0) is 11.5. The molecular formula is C13H19NO2. The summed E-state index contributed by atoms with van der Waals surface area (Å²) in [4.78, 5) is 0. The van der Waals surface area contributed by atoms with E-state index >= 15 is 0 Å². The fourth-order valence-corrected chi connectivity index (χ4v) is 2.20. The lowest BCUT2D eigenvalue weighted by molar-refractivity contribution is 0.126. The monoisotopic (exact) mass is 221 g/mol. The third-order valence-corrected chi connectivity index (χ3v) is 3.26. The molecule has 1 aromatic rings. The molecule has 3 N–H and O–H groups in total. The van der Waals surface area contributed by atoms with Gasteiger partial charge in [0.2, 0.25) is 0 Å². The second-order valence-electron chi connectivity index (χ2n) is 4.65. The van der Waals surface area contributed by atoms with Gasteiger partial charge < -0.3 is 15.5 Å². The van der Waals surface area contributed by atoms with E-state index in [9.17, 15) is 10.2 Å². The van der Waals surface area contributed by atoms with Crippen LogP contribution in [-0.4, -0.2) is 22.4 Å². The number of aryl methyl sites for hydroxylation is 1. The molecule has 16 heavy (non-hydrogen) atoms. The molecule has 1 aromatic carbocycles. The van der Waals surface area contributed by atoms with Gasteiger partial charge in [0.05, 0.1) is 6.10 Å². The summed E-state index contributed by atoms with van der Waals surface area (Å²) in [6.07, 6.45) is 3.69. The van der Waals surface area contributed by atoms with Crippen molar-refractivity contribution in [1.82, 2.24) is 0 Å². The predicted octanol–water partition coefficient (Wildman–Crippen LogP) is 2.42. The van der Waals surface area contributed by atoms with Gasteiger partial charge in [-0.25, -0.2) is 0 Å². The van der Waals surface area contributed by atoms with Crippen LogP contribution in [0, 0.1) is 6.92 Å². The molecule has 0 bridgehead atoms. The minimum Gasteiger partial charge on any atom is -0.508 e. The Morgan fingerprint density at radius 3 is 2.50 bits per heavy atom. The van der Waals surface area contributed by atoms with Gasteiger partial charge >= 0.3 is 0 Å². The smallest absolute Gasteiger partial charge is 0.118 e. The Bertz CT molecular complexity index is 357. The molecule has 88 valence electrons. The van der Waals surface area contributed by atoms with E-state index in [1.807, 2.05) is 19.1 Å². The Labute approximate surface area is 96.1 Å². The SMILES string of the molecule is Cc1cc(NC2CCC(O)CC2)ccc1O. The van der Waals surface area contributed by atoms with Crippen LogP contribution in [0.2, 0.25) is 0 Å². The van der Waals surface area contributed by atoms with Crippen LogP contribution in [0.3, 0.4) is 0 Å². The van der Waals surface area contributed by atoms with Crippen LogP contribution in [0.4, 0.5) is 5.69 Å². The fourth-order valence-electron chi connectivity index (χ4n) is 2.20. The van der Waals surface area contributed by atoms with Crippen molar-refractivity contribution in [2.24, 2.45) is 0 Å². The third-order valence-electron chi connectivity index (χ3n) is 3.26. The molecule has 1 aliphatic carbocycles. The first-order chi connectivity index (χ1) is 7.65. The summed E-state index contributed by atoms with van der Waals surface area (Å²) in [6.45, 7) is 1.89. The minimum absolute atomic E-state index is 0.111. The van der Waals surface area contributed by atoms with E-state index in [-0.39, 0.29) is 6.10 Å². The lowest BCUT2D eigenvalue weighted by atomic mass is 9.93. The minimum atomic E-state index is -0.111. The molecule has 3 heteroatoms. The highest BCUT2D eigenvalue weighted by molar-refractivity contribution is 5.50. The molecule has 0 aromatic heterocycles. The summed E-state index contributed by atoms with van der Waals surface area (Å²) >= 11 is 0.